The number of amides is 3. The van der Waals surface area contributed by atoms with Crippen LogP contribution in [-0.4, -0.2) is 82.6 Å². The summed E-state index contributed by atoms with van der Waals surface area (Å²) in [6.45, 7) is 10.6. The van der Waals surface area contributed by atoms with Crippen LogP contribution in [0.2, 0.25) is 0 Å². The molecule has 16 heteroatoms. The van der Waals surface area contributed by atoms with Gasteiger partial charge in [-0.3, -0.25) is 19.7 Å². The average Bonchev–Trinajstić information content (AvgIpc) is 3.77. The molecule has 3 amide bonds. The second-order valence-corrected chi connectivity index (χ2v) is 12.9. The molecule has 288 valence electrons. The molecular weight excluding hydrogens is 701 g/mol. The van der Waals surface area contributed by atoms with Crippen LogP contribution < -0.4 is 10.6 Å². The summed E-state index contributed by atoms with van der Waals surface area (Å²) in [6.07, 6.45) is -0.143. The number of halogens is 3. The van der Waals surface area contributed by atoms with E-state index in [1.54, 1.807) is 33.8 Å². The van der Waals surface area contributed by atoms with E-state index >= 15 is 0 Å². The van der Waals surface area contributed by atoms with Gasteiger partial charge in [0.1, 0.15) is 24.2 Å². The number of alkyl halides is 3. The van der Waals surface area contributed by atoms with Crippen molar-refractivity contribution in [1.82, 2.24) is 15.2 Å². The number of hydrogen-bond donors (Lipinski definition) is 3. The molecule has 0 radical (unpaired) electrons. The van der Waals surface area contributed by atoms with E-state index in [4.69, 9.17) is 13.9 Å². The summed E-state index contributed by atoms with van der Waals surface area (Å²) in [5, 5.41) is 15.0. The van der Waals surface area contributed by atoms with Crippen molar-refractivity contribution in [3.05, 3.63) is 84.1 Å². The van der Waals surface area contributed by atoms with Crippen molar-refractivity contribution < 1.29 is 56.1 Å². The number of esters is 1. The van der Waals surface area contributed by atoms with Gasteiger partial charge in [-0.2, -0.15) is 13.2 Å². The van der Waals surface area contributed by atoms with Crippen LogP contribution in [0.15, 0.2) is 71.4 Å². The van der Waals surface area contributed by atoms with Gasteiger partial charge in [0.05, 0.1) is 24.7 Å². The number of nitrogens with zero attached hydrogens (tertiary/aromatic N) is 2. The number of anilines is 1. The van der Waals surface area contributed by atoms with E-state index in [1.165, 1.54) is 23.1 Å². The first-order valence-corrected chi connectivity index (χ1v) is 17.0. The first-order valence-electron chi connectivity index (χ1n) is 17.0. The molecule has 3 rings (SSSR count). The number of carbonyl (C=O) groups is 5. The number of Topliss-reactive ketones (excluding diaryl/α,β-unsaturated/α-hetero) is 1. The molecule has 2 aromatic rings. The molecule has 1 aliphatic rings. The number of nitrogens with one attached hydrogen (secondary N) is 2. The van der Waals surface area contributed by atoms with Gasteiger partial charge in [0.25, 0.3) is 5.91 Å². The largest absolute Gasteiger partial charge is 0.460 e. The number of hydrogen-bond acceptors (Lipinski definition) is 10. The van der Waals surface area contributed by atoms with E-state index in [-0.39, 0.29) is 62.0 Å². The van der Waals surface area contributed by atoms with Crippen molar-refractivity contribution in [1.29, 1.82) is 0 Å². The topological polar surface area (TPSA) is 177 Å². The normalized spacial score (nSPS) is 16.6. The first kappa shape index (κ1) is 42.2. The van der Waals surface area contributed by atoms with Gasteiger partial charge in [-0.05, 0) is 57.0 Å². The maximum Gasteiger partial charge on any atom is 0.416 e. The standard InChI is InChI=1S/C37H45F3N4O9/c1-6-15-41-31(47)14-9-23(4)33(24(5)20-52-36(50)42-26-12-10-25(11-13-26)37(38,39)40)53-35(49)30-8-7-16-44(30)34(48)29-21-51-32(43-29)19-28(46)18-27(45)17-22(2)3/h6,9-14,17,21,23-24,27,30,33,45H,1,7-8,15-16,18-20H2,2-5H3,(H,41,47)(H,42,50)/b14-9+/t23-,24+,27-,30-,33+/m1/s1. The molecule has 1 saturated heterocycles. The van der Waals surface area contributed by atoms with Gasteiger partial charge in [0.2, 0.25) is 11.8 Å². The summed E-state index contributed by atoms with van der Waals surface area (Å²) in [6, 6.07) is 2.78. The number of carbonyl (C=O) groups excluding carboxylic acids is 5. The summed E-state index contributed by atoms with van der Waals surface area (Å²) < 4.78 is 55.3. The fourth-order valence-electron chi connectivity index (χ4n) is 5.54. The maximum atomic E-state index is 13.6. The molecule has 5 atom stereocenters. The lowest BCUT2D eigenvalue weighted by Gasteiger charge is -2.30. The predicted octanol–water partition coefficient (Wildman–Crippen LogP) is 5.42. The molecule has 2 heterocycles. The van der Waals surface area contributed by atoms with Crippen LogP contribution in [0, 0.1) is 11.8 Å². The van der Waals surface area contributed by atoms with Crippen molar-refractivity contribution in [3.63, 3.8) is 0 Å². The Morgan fingerprint density at radius 3 is 2.49 bits per heavy atom. The molecule has 53 heavy (non-hydrogen) atoms. The Bertz CT molecular complexity index is 1670. The third kappa shape index (κ3) is 13.3. The van der Waals surface area contributed by atoms with E-state index in [0.29, 0.717) is 6.42 Å². The van der Waals surface area contributed by atoms with Crippen LogP contribution in [-0.2, 0) is 36.5 Å². The number of oxazole rings is 1. The van der Waals surface area contributed by atoms with Crippen LogP contribution in [0.3, 0.4) is 0 Å². The molecule has 1 fully saturated rings. The van der Waals surface area contributed by atoms with Crippen LogP contribution in [0.1, 0.15) is 68.9 Å². The van der Waals surface area contributed by atoms with E-state index in [2.05, 4.69) is 22.2 Å². The fourth-order valence-corrected chi connectivity index (χ4v) is 5.54. The molecule has 1 aromatic carbocycles. The summed E-state index contributed by atoms with van der Waals surface area (Å²) >= 11 is 0. The quantitative estimate of drug-likeness (QED) is 0.108. The Morgan fingerprint density at radius 2 is 1.85 bits per heavy atom. The Balaban J connectivity index is 1.69. The zero-order valence-corrected chi connectivity index (χ0v) is 30.0. The van der Waals surface area contributed by atoms with Crippen LogP contribution in [0.25, 0.3) is 0 Å². The fraction of sp³-hybridized carbons (Fsp3) is 0.459. The summed E-state index contributed by atoms with van der Waals surface area (Å²) in [5.74, 6) is -3.41. The Hall–Kier alpha value is -5.25. The van der Waals surface area contributed by atoms with Crippen molar-refractivity contribution in [3.8, 4) is 0 Å². The number of rotatable bonds is 17. The third-order valence-corrected chi connectivity index (χ3v) is 8.11. The Morgan fingerprint density at radius 1 is 1.15 bits per heavy atom. The minimum atomic E-state index is -4.54. The van der Waals surface area contributed by atoms with E-state index in [9.17, 15) is 42.3 Å². The predicted molar refractivity (Wildman–Crippen MR) is 186 cm³/mol. The highest BCUT2D eigenvalue weighted by Crippen LogP contribution is 2.30. The Labute approximate surface area is 305 Å². The van der Waals surface area contributed by atoms with Gasteiger partial charge in [0.15, 0.2) is 5.69 Å². The summed E-state index contributed by atoms with van der Waals surface area (Å²) in [7, 11) is 0. The number of aromatic nitrogens is 1. The second-order valence-electron chi connectivity index (χ2n) is 12.9. The Kier molecular flexibility index (Phi) is 15.6. The van der Waals surface area contributed by atoms with Crippen LogP contribution >= 0.6 is 0 Å². The molecule has 0 bridgehead atoms. The molecule has 0 saturated carbocycles. The third-order valence-electron chi connectivity index (χ3n) is 8.11. The highest BCUT2D eigenvalue weighted by molar-refractivity contribution is 5.95. The van der Waals surface area contributed by atoms with Crippen molar-refractivity contribution >= 4 is 35.3 Å². The van der Waals surface area contributed by atoms with Crippen molar-refractivity contribution in [2.75, 3.05) is 25.0 Å². The summed E-state index contributed by atoms with van der Waals surface area (Å²) in [5.41, 5.74) is -0.0865. The lowest BCUT2D eigenvalue weighted by atomic mass is 9.93. The van der Waals surface area contributed by atoms with Crippen LogP contribution in [0.5, 0.6) is 0 Å². The van der Waals surface area contributed by atoms with Gasteiger partial charge >= 0.3 is 18.2 Å². The molecule has 13 nitrogen and oxygen atoms in total. The van der Waals surface area contributed by atoms with Crippen molar-refractivity contribution in [2.24, 2.45) is 11.8 Å². The first-order chi connectivity index (χ1) is 25.0. The second kappa shape index (κ2) is 19.5. The highest BCUT2D eigenvalue weighted by atomic mass is 19.4. The van der Waals surface area contributed by atoms with Gasteiger partial charge in [-0.25, -0.2) is 14.6 Å². The van der Waals surface area contributed by atoms with Gasteiger partial charge < -0.3 is 29.2 Å². The smallest absolute Gasteiger partial charge is 0.416 e. The minimum Gasteiger partial charge on any atom is -0.460 e. The van der Waals surface area contributed by atoms with Crippen LogP contribution in [0.4, 0.5) is 23.7 Å². The number of allylic oxidation sites excluding steroid dienone is 1. The molecule has 1 aliphatic heterocycles. The monoisotopic (exact) mass is 746 g/mol. The lowest BCUT2D eigenvalue weighted by molar-refractivity contribution is -0.159. The maximum absolute atomic E-state index is 13.6. The molecule has 3 N–H and O–H groups in total. The number of ether oxygens (including phenoxy) is 2. The number of ketones is 1. The zero-order chi connectivity index (χ0) is 39.3. The zero-order valence-electron chi connectivity index (χ0n) is 30.0. The number of benzene rings is 1. The highest BCUT2D eigenvalue weighted by Gasteiger charge is 2.39. The minimum absolute atomic E-state index is 0.0185. The average molecular weight is 747 g/mol. The molecule has 0 aliphatic carbocycles. The van der Waals surface area contributed by atoms with Gasteiger partial charge in [-0.15, -0.1) is 6.58 Å². The van der Waals surface area contributed by atoms with E-state index in [1.807, 2.05) is 0 Å². The molecule has 1 aromatic heterocycles. The molecular formula is C37H45F3N4O9. The molecule has 0 unspecified atom stereocenters. The lowest BCUT2D eigenvalue weighted by Crippen LogP contribution is -2.44. The SMILES string of the molecule is C=CCNC(=O)/C=C/[C@@H](C)[C@H](OC(=O)[C@H]1CCCN1C(=O)c1coc(CC(=O)C[C@H](O)C=C(C)C)n1)[C@@H](C)COC(=O)Nc1ccc(C(F)(F)F)cc1. The molecule has 0 spiro atoms. The van der Waals surface area contributed by atoms with Gasteiger partial charge in [-0.1, -0.05) is 37.6 Å². The number of aliphatic hydroxyl groups is 1. The van der Waals surface area contributed by atoms with Gasteiger partial charge in [0, 0.05) is 37.0 Å². The van der Waals surface area contributed by atoms with Crippen molar-refractivity contribution in [2.45, 2.75) is 77.8 Å². The number of likely N-dealkylation sites (tertiary alicyclic amines) is 1. The van der Waals surface area contributed by atoms with E-state index < -0.39 is 65.7 Å². The summed E-state index contributed by atoms with van der Waals surface area (Å²) in [4.78, 5) is 69.6. The van der Waals surface area contributed by atoms with E-state index in [0.717, 1.165) is 36.1 Å². The number of aliphatic hydroxyl groups excluding tert-OH is 1.